The Morgan fingerprint density at radius 1 is 0.300 bits per heavy atom. The topological polar surface area (TPSA) is 0 Å². The van der Waals surface area contributed by atoms with Crippen LogP contribution in [0.1, 0.15) is 22.3 Å². The third kappa shape index (κ3) is 5.05. The van der Waals surface area contributed by atoms with Crippen molar-refractivity contribution in [2.45, 2.75) is 0 Å². The molecule has 0 amide bonds. The van der Waals surface area contributed by atoms with E-state index in [1.165, 1.54) is 33.4 Å². The SMILES string of the molecule is Brc1ccc(C(=C(c2ccc(Br)cc2)c2ccc(Br)cc2)c2ccc(Br)cc2)cc1. The highest BCUT2D eigenvalue weighted by atomic mass is 79.9. The lowest BCUT2D eigenvalue weighted by Gasteiger charge is -2.18. The van der Waals surface area contributed by atoms with E-state index in [-0.39, 0.29) is 0 Å². The largest absolute Gasteiger partial charge is 0.0532 e. The maximum Gasteiger partial charge on any atom is 0.0175 e. The Morgan fingerprint density at radius 3 is 0.633 bits per heavy atom. The van der Waals surface area contributed by atoms with Gasteiger partial charge in [-0.25, -0.2) is 0 Å². The van der Waals surface area contributed by atoms with E-state index >= 15 is 0 Å². The fourth-order valence-corrected chi connectivity index (χ4v) is 4.43. The summed E-state index contributed by atoms with van der Waals surface area (Å²) < 4.78 is 4.26. The fourth-order valence-electron chi connectivity index (χ4n) is 3.38. The van der Waals surface area contributed by atoms with Gasteiger partial charge in [-0.05, 0) is 81.9 Å². The van der Waals surface area contributed by atoms with Gasteiger partial charge in [0.2, 0.25) is 0 Å². The Kier molecular flexibility index (Phi) is 7.09. The van der Waals surface area contributed by atoms with Gasteiger partial charge in [-0.15, -0.1) is 0 Å². The number of hydrogen-bond acceptors (Lipinski definition) is 0. The van der Waals surface area contributed by atoms with E-state index in [0.717, 1.165) is 17.9 Å². The smallest absolute Gasteiger partial charge is 0.0175 e. The van der Waals surface area contributed by atoms with E-state index in [9.17, 15) is 0 Å². The maximum atomic E-state index is 3.57. The molecular formula is C26H16Br4. The highest BCUT2D eigenvalue weighted by Gasteiger charge is 2.16. The van der Waals surface area contributed by atoms with E-state index in [2.05, 4.69) is 161 Å². The number of halogens is 4. The van der Waals surface area contributed by atoms with Crippen molar-refractivity contribution >= 4 is 74.9 Å². The molecule has 0 aliphatic carbocycles. The summed E-state index contributed by atoms with van der Waals surface area (Å²) in [5, 5.41) is 0. The lowest BCUT2D eigenvalue weighted by Crippen LogP contribution is -1.97. The Labute approximate surface area is 210 Å². The zero-order chi connectivity index (χ0) is 21.1. The molecule has 148 valence electrons. The lowest BCUT2D eigenvalue weighted by atomic mass is 9.86. The molecule has 0 spiro atoms. The molecule has 4 rings (SSSR count). The van der Waals surface area contributed by atoms with Gasteiger partial charge in [0.15, 0.2) is 0 Å². The summed E-state index contributed by atoms with van der Waals surface area (Å²) in [6.45, 7) is 0. The molecule has 4 aromatic rings. The third-order valence-electron chi connectivity index (χ3n) is 4.78. The van der Waals surface area contributed by atoms with Crippen LogP contribution in [0.3, 0.4) is 0 Å². The molecule has 0 atom stereocenters. The minimum atomic E-state index is 1.07. The van der Waals surface area contributed by atoms with Crippen molar-refractivity contribution in [2.24, 2.45) is 0 Å². The zero-order valence-electron chi connectivity index (χ0n) is 15.7. The van der Waals surface area contributed by atoms with Crippen molar-refractivity contribution in [3.63, 3.8) is 0 Å². The molecule has 0 aliphatic rings. The van der Waals surface area contributed by atoms with Gasteiger partial charge in [-0.2, -0.15) is 0 Å². The first-order chi connectivity index (χ1) is 14.5. The van der Waals surface area contributed by atoms with Gasteiger partial charge >= 0.3 is 0 Å². The van der Waals surface area contributed by atoms with Crippen LogP contribution in [-0.2, 0) is 0 Å². The second-order valence-corrected chi connectivity index (χ2v) is 10.4. The molecule has 0 fully saturated rings. The molecule has 4 heteroatoms. The van der Waals surface area contributed by atoms with Crippen LogP contribution in [0, 0.1) is 0 Å². The van der Waals surface area contributed by atoms with Gasteiger partial charge < -0.3 is 0 Å². The van der Waals surface area contributed by atoms with E-state index in [0.29, 0.717) is 0 Å². The van der Waals surface area contributed by atoms with Gasteiger partial charge in [0.25, 0.3) is 0 Å². The molecule has 0 bridgehead atoms. The summed E-state index contributed by atoms with van der Waals surface area (Å²) in [7, 11) is 0. The van der Waals surface area contributed by atoms with E-state index < -0.39 is 0 Å². The quantitative estimate of drug-likeness (QED) is 0.194. The molecule has 0 unspecified atom stereocenters. The minimum Gasteiger partial charge on any atom is -0.0532 e. The highest BCUT2D eigenvalue weighted by molar-refractivity contribution is 9.11. The fraction of sp³-hybridized carbons (Fsp3) is 0. The second kappa shape index (κ2) is 9.78. The van der Waals surface area contributed by atoms with E-state index in [1.807, 2.05) is 0 Å². The molecule has 0 saturated carbocycles. The number of hydrogen-bond donors (Lipinski definition) is 0. The summed E-state index contributed by atoms with van der Waals surface area (Å²) in [6.07, 6.45) is 0. The van der Waals surface area contributed by atoms with Crippen LogP contribution in [-0.4, -0.2) is 0 Å². The van der Waals surface area contributed by atoms with Gasteiger partial charge in [0, 0.05) is 17.9 Å². The first-order valence-electron chi connectivity index (χ1n) is 9.29. The van der Waals surface area contributed by atoms with Gasteiger partial charge in [0.1, 0.15) is 0 Å². The maximum absolute atomic E-state index is 3.57. The van der Waals surface area contributed by atoms with Crippen LogP contribution in [0.5, 0.6) is 0 Å². The number of benzene rings is 4. The van der Waals surface area contributed by atoms with Crippen LogP contribution in [0.25, 0.3) is 11.1 Å². The molecule has 0 saturated heterocycles. The van der Waals surface area contributed by atoms with Gasteiger partial charge in [-0.1, -0.05) is 112 Å². The Balaban J connectivity index is 2.08. The van der Waals surface area contributed by atoms with Crippen molar-refractivity contribution < 1.29 is 0 Å². The van der Waals surface area contributed by atoms with E-state index in [1.54, 1.807) is 0 Å². The van der Waals surface area contributed by atoms with Gasteiger partial charge in [-0.3, -0.25) is 0 Å². The van der Waals surface area contributed by atoms with Crippen LogP contribution >= 0.6 is 63.7 Å². The lowest BCUT2D eigenvalue weighted by molar-refractivity contribution is 1.48. The van der Waals surface area contributed by atoms with Crippen molar-refractivity contribution in [2.75, 3.05) is 0 Å². The normalized spacial score (nSPS) is 10.7. The van der Waals surface area contributed by atoms with Crippen molar-refractivity contribution in [1.82, 2.24) is 0 Å². The summed E-state index contributed by atoms with van der Waals surface area (Å²) in [6, 6.07) is 34.1. The van der Waals surface area contributed by atoms with Crippen molar-refractivity contribution in [3.05, 3.63) is 137 Å². The summed E-state index contributed by atoms with van der Waals surface area (Å²) in [4.78, 5) is 0. The van der Waals surface area contributed by atoms with Gasteiger partial charge in [0.05, 0.1) is 0 Å². The van der Waals surface area contributed by atoms with Crippen molar-refractivity contribution in [1.29, 1.82) is 0 Å². The Bertz CT molecular complexity index is 980. The van der Waals surface area contributed by atoms with Crippen molar-refractivity contribution in [3.8, 4) is 0 Å². The number of rotatable bonds is 4. The molecule has 0 aliphatic heterocycles. The standard InChI is InChI=1S/C26H16Br4/c27-21-9-1-17(2-10-21)25(18-3-11-22(28)12-4-18)26(19-5-13-23(29)14-6-19)20-7-15-24(30)16-8-20/h1-16H. The molecule has 0 N–H and O–H groups in total. The molecule has 30 heavy (non-hydrogen) atoms. The first-order valence-corrected chi connectivity index (χ1v) is 12.5. The van der Waals surface area contributed by atoms with Crippen LogP contribution in [0.4, 0.5) is 0 Å². The first kappa shape index (κ1) is 21.8. The van der Waals surface area contributed by atoms with Crippen LogP contribution in [0.2, 0.25) is 0 Å². The molecular weight excluding hydrogens is 632 g/mol. The predicted molar refractivity (Wildman–Crippen MR) is 142 cm³/mol. The Hall–Kier alpha value is -1.46. The second-order valence-electron chi connectivity index (χ2n) is 6.78. The monoisotopic (exact) mass is 644 g/mol. The molecule has 4 aromatic carbocycles. The Morgan fingerprint density at radius 2 is 0.467 bits per heavy atom. The molecule has 0 radical (unpaired) electrons. The molecule has 0 nitrogen and oxygen atoms in total. The molecule has 0 heterocycles. The molecule has 0 aromatic heterocycles. The average molecular weight is 648 g/mol. The predicted octanol–water partition coefficient (Wildman–Crippen LogP) is 9.74. The average Bonchev–Trinajstić information content (AvgIpc) is 2.75. The highest BCUT2D eigenvalue weighted by Crippen LogP contribution is 2.38. The summed E-state index contributed by atoms with van der Waals surface area (Å²) >= 11 is 14.3. The zero-order valence-corrected chi connectivity index (χ0v) is 22.1. The minimum absolute atomic E-state index is 1.07. The van der Waals surface area contributed by atoms with E-state index in [4.69, 9.17) is 0 Å². The summed E-state index contributed by atoms with van der Waals surface area (Å²) in [5.41, 5.74) is 7.06. The summed E-state index contributed by atoms with van der Waals surface area (Å²) in [5.74, 6) is 0. The van der Waals surface area contributed by atoms with Crippen LogP contribution in [0.15, 0.2) is 115 Å². The van der Waals surface area contributed by atoms with Crippen LogP contribution < -0.4 is 0 Å². The third-order valence-corrected chi connectivity index (χ3v) is 6.90.